The molecule has 0 bridgehead atoms. The molecule has 0 aliphatic carbocycles. The van der Waals surface area contributed by atoms with E-state index in [4.69, 9.17) is 5.73 Å². The van der Waals surface area contributed by atoms with Crippen molar-refractivity contribution in [2.45, 2.75) is 53.1 Å². The van der Waals surface area contributed by atoms with E-state index in [2.05, 4.69) is 51.1 Å². The number of aryl methyl sites for hydroxylation is 1. The van der Waals surface area contributed by atoms with Crippen LogP contribution in [0.5, 0.6) is 0 Å². The first kappa shape index (κ1) is 16.5. The van der Waals surface area contributed by atoms with Crippen LogP contribution in [0.1, 0.15) is 49.8 Å². The van der Waals surface area contributed by atoms with Crippen molar-refractivity contribution in [2.75, 3.05) is 0 Å². The van der Waals surface area contributed by atoms with E-state index in [1.165, 1.54) is 5.56 Å². The normalized spacial score (nSPS) is 11.2. The lowest BCUT2D eigenvalue weighted by Gasteiger charge is -2.16. The van der Waals surface area contributed by atoms with Gasteiger partial charge in [-0.25, -0.2) is 0 Å². The Morgan fingerprint density at radius 2 is 1.82 bits per heavy atom. The highest BCUT2D eigenvalue weighted by Crippen LogP contribution is 2.23. The molecule has 1 heterocycles. The summed E-state index contributed by atoms with van der Waals surface area (Å²) >= 11 is 0. The van der Waals surface area contributed by atoms with Crippen molar-refractivity contribution in [1.29, 1.82) is 0 Å². The summed E-state index contributed by atoms with van der Waals surface area (Å²) in [6, 6.07) is 10.6. The maximum Gasteiger partial charge on any atom is 0.255 e. The van der Waals surface area contributed by atoms with Crippen molar-refractivity contribution in [3.05, 3.63) is 57.4 Å². The van der Waals surface area contributed by atoms with Crippen molar-refractivity contribution in [3.63, 3.8) is 0 Å². The zero-order chi connectivity index (χ0) is 16.3. The van der Waals surface area contributed by atoms with E-state index in [0.29, 0.717) is 19.0 Å². The number of benzene rings is 1. The summed E-state index contributed by atoms with van der Waals surface area (Å²) in [7, 11) is 0. The topological polar surface area (TPSA) is 48.0 Å². The molecule has 2 N–H and O–H groups in total. The lowest BCUT2D eigenvalue weighted by molar-refractivity contribution is 0.652. The molecule has 0 radical (unpaired) electrons. The zero-order valence-corrected chi connectivity index (χ0v) is 14.0. The van der Waals surface area contributed by atoms with Crippen LogP contribution in [0, 0.1) is 6.92 Å². The fraction of sp³-hybridized carbons (Fsp3) is 0.421. The molecule has 0 spiro atoms. The van der Waals surface area contributed by atoms with E-state index >= 15 is 0 Å². The molecule has 22 heavy (non-hydrogen) atoms. The number of nitrogens with two attached hydrogens (primary N) is 1. The molecular formula is C19H26N2O. The van der Waals surface area contributed by atoms with Crippen molar-refractivity contribution < 1.29 is 0 Å². The highest BCUT2D eigenvalue weighted by atomic mass is 16.1. The molecule has 3 heteroatoms. The van der Waals surface area contributed by atoms with E-state index in [1.54, 1.807) is 0 Å². The van der Waals surface area contributed by atoms with Gasteiger partial charge in [-0.2, -0.15) is 0 Å². The summed E-state index contributed by atoms with van der Waals surface area (Å²) in [6.45, 7) is 9.42. The predicted octanol–water partition coefficient (Wildman–Crippen LogP) is 3.82. The van der Waals surface area contributed by atoms with Gasteiger partial charge in [0.25, 0.3) is 5.56 Å². The molecule has 2 aromatic rings. The van der Waals surface area contributed by atoms with E-state index in [-0.39, 0.29) is 5.56 Å². The Morgan fingerprint density at radius 1 is 1.18 bits per heavy atom. The maximum atomic E-state index is 12.7. The summed E-state index contributed by atoms with van der Waals surface area (Å²) in [4.78, 5) is 12.7. The minimum absolute atomic E-state index is 0.0484. The summed E-state index contributed by atoms with van der Waals surface area (Å²) in [5, 5.41) is 0. The second-order valence-electron chi connectivity index (χ2n) is 6.13. The molecule has 0 amide bonds. The van der Waals surface area contributed by atoms with Gasteiger partial charge in [0.1, 0.15) is 0 Å². The minimum Gasteiger partial charge on any atom is -0.326 e. The van der Waals surface area contributed by atoms with E-state index in [9.17, 15) is 4.79 Å². The average molecular weight is 298 g/mol. The fourth-order valence-electron chi connectivity index (χ4n) is 2.78. The third-order valence-electron chi connectivity index (χ3n) is 4.15. The number of rotatable bonds is 5. The number of pyridine rings is 1. The largest absolute Gasteiger partial charge is 0.326 e. The van der Waals surface area contributed by atoms with Crippen LogP contribution in [0.15, 0.2) is 35.1 Å². The van der Waals surface area contributed by atoms with Crippen LogP contribution < -0.4 is 11.3 Å². The number of hydrogen-bond donors (Lipinski definition) is 1. The van der Waals surface area contributed by atoms with Crippen LogP contribution in [0.3, 0.4) is 0 Å². The monoisotopic (exact) mass is 298 g/mol. The second kappa shape index (κ2) is 6.93. The van der Waals surface area contributed by atoms with Gasteiger partial charge in [-0.05, 0) is 42.0 Å². The number of nitrogens with zero attached hydrogens (tertiary/aromatic N) is 1. The van der Waals surface area contributed by atoms with Crippen LogP contribution in [0.25, 0.3) is 11.3 Å². The Kier molecular flexibility index (Phi) is 5.19. The minimum atomic E-state index is 0.0484. The highest BCUT2D eigenvalue weighted by molar-refractivity contribution is 5.61. The third-order valence-corrected chi connectivity index (χ3v) is 4.15. The Hall–Kier alpha value is -1.87. The Bertz CT molecular complexity index is 697. The molecule has 1 aromatic heterocycles. The van der Waals surface area contributed by atoms with Gasteiger partial charge in [-0.15, -0.1) is 0 Å². The molecule has 0 fully saturated rings. The first-order chi connectivity index (χ1) is 10.5. The SMILES string of the molecule is CCCn1c(-c2ccc(C(C)C)cc2)cc(C)c(CN)c1=O. The Labute approximate surface area is 132 Å². The van der Waals surface area contributed by atoms with Gasteiger partial charge in [0.15, 0.2) is 0 Å². The lowest BCUT2D eigenvalue weighted by atomic mass is 9.99. The molecule has 1 aromatic carbocycles. The molecule has 3 nitrogen and oxygen atoms in total. The lowest BCUT2D eigenvalue weighted by Crippen LogP contribution is -2.28. The quantitative estimate of drug-likeness (QED) is 0.912. The standard InChI is InChI=1S/C19H26N2O/c1-5-10-21-18(11-14(4)17(12-20)19(21)22)16-8-6-15(7-9-16)13(2)3/h6-9,11,13H,5,10,12,20H2,1-4H3. The van der Waals surface area contributed by atoms with Crippen LogP contribution in [-0.2, 0) is 13.1 Å². The third kappa shape index (κ3) is 3.14. The van der Waals surface area contributed by atoms with E-state index in [0.717, 1.165) is 28.8 Å². The summed E-state index contributed by atoms with van der Waals surface area (Å²) in [5.74, 6) is 0.508. The van der Waals surface area contributed by atoms with Crippen LogP contribution >= 0.6 is 0 Å². The summed E-state index contributed by atoms with van der Waals surface area (Å²) in [5.41, 5.74) is 10.9. The van der Waals surface area contributed by atoms with Crippen LogP contribution in [-0.4, -0.2) is 4.57 Å². The Morgan fingerprint density at radius 3 is 2.32 bits per heavy atom. The highest BCUT2D eigenvalue weighted by Gasteiger charge is 2.12. The fourth-order valence-corrected chi connectivity index (χ4v) is 2.78. The van der Waals surface area contributed by atoms with Crippen molar-refractivity contribution in [1.82, 2.24) is 4.57 Å². The molecule has 118 valence electrons. The Balaban J connectivity index is 2.61. The first-order valence-electron chi connectivity index (χ1n) is 8.03. The van der Waals surface area contributed by atoms with Crippen molar-refractivity contribution >= 4 is 0 Å². The molecule has 0 aliphatic rings. The van der Waals surface area contributed by atoms with Gasteiger partial charge in [0.2, 0.25) is 0 Å². The van der Waals surface area contributed by atoms with Crippen molar-refractivity contribution in [2.24, 2.45) is 5.73 Å². The van der Waals surface area contributed by atoms with Crippen molar-refractivity contribution in [3.8, 4) is 11.3 Å². The zero-order valence-electron chi connectivity index (χ0n) is 14.0. The van der Waals surface area contributed by atoms with Gasteiger partial charge < -0.3 is 10.3 Å². The number of hydrogen-bond acceptors (Lipinski definition) is 2. The molecule has 0 saturated heterocycles. The molecule has 2 rings (SSSR count). The maximum absolute atomic E-state index is 12.7. The first-order valence-corrected chi connectivity index (χ1v) is 8.03. The average Bonchev–Trinajstić information content (AvgIpc) is 2.50. The van der Waals surface area contributed by atoms with Crippen LogP contribution in [0.4, 0.5) is 0 Å². The van der Waals surface area contributed by atoms with Gasteiger partial charge >= 0.3 is 0 Å². The van der Waals surface area contributed by atoms with E-state index in [1.807, 2.05) is 11.5 Å². The summed E-state index contributed by atoms with van der Waals surface area (Å²) < 4.78 is 1.86. The van der Waals surface area contributed by atoms with Gasteiger partial charge in [-0.1, -0.05) is 45.0 Å². The second-order valence-corrected chi connectivity index (χ2v) is 6.13. The molecule has 0 unspecified atom stereocenters. The van der Waals surface area contributed by atoms with Crippen LogP contribution in [0.2, 0.25) is 0 Å². The van der Waals surface area contributed by atoms with Gasteiger partial charge in [-0.3, -0.25) is 4.79 Å². The molecule has 0 atom stereocenters. The van der Waals surface area contributed by atoms with Gasteiger partial charge in [0, 0.05) is 18.7 Å². The molecular weight excluding hydrogens is 272 g/mol. The van der Waals surface area contributed by atoms with E-state index < -0.39 is 0 Å². The van der Waals surface area contributed by atoms with Gasteiger partial charge in [0.05, 0.1) is 5.69 Å². The predicted molar refractivity (Wildman–Crippen MR) is 93.1 cm³/mol. The molecule has 0 saturated carbocycles. The number of aromatic nitrogens is 1. The molecule has 0 aliphatic heterocycles. The summed E-state index contributed by atoms with van der Waals surface area (Å²) in [6.07, 6.45) is 0.921. The smallest absolute Gasteiger partial charge is 0.255 e.